The number of nitriles is 1. The van der Waals surface area contributed by atoms with E-state index in [1.54, 1.807) is 31.7 Å². The van der Waals surface area contributed by atoms with E-state index >= 15 is 0 Å². The lowest BCUT2D eigenvalue weighted by Crippen LogP contribution is -2.57. The van der Waals surface area contributed by atoms with Gasteiger partial charge in [-0.25, -0.2) is 13.9 Å². The number of rotatable bonds is 2. The van der Waals surface area contributed by atoms with Gasteiger partial charge in [0.15, 0.2) is 11.5 Å². The van der Waals surface area contributed by atoms with Gasteiger partial charge in [0.05, 0.1) is 18.3 Å². The zero-order valence-corrected chi connectivity index (χ0v) is 16.5. The lowest BCUT2D eigenvalue weighted by molar-refractivity contribution is -0.131. The van der Waals surface area contributed by atoms with Crippen LogP contribution >= 0.6 is 0 Å². The number of fused-ring (bicyclic) bond motifs is 3. The average Bonchev–Trinajstić information content (AvgIpc) is 3.22. The molecule has 2 aromatic heterocycles. The maximum atomic E-state index is 14.1. The van der Waals surface area contributed by atoms with Crippen LogP contribution in [0.15, 0.2) is 23.7 Å². The topological polar surface area (TPSA) is 94.6 Å². The summed E-state index contributed by atoms with van der Waals surface area (Å²) in [4.78, 5) is 33.4. The van der Waals surface area contributed by atoms with Crippen LogP contribution < -0.4 is 0 Å². The van der Waals surface area contributed by atoms with Gasteiger partial charge < -0.3 is 9.80 Å². The number of hydrogen-bond acceptors (Lipinski definition) is 5. The van der Waals surface area contributed by atoms with Gasteiger partial charge in [0.1, 0.15) is 17.3 Å². The van der Waals surface area contributed by atoms with Crippen LogP contribution in [0.3, 0.4) is 0 Å². The lowest BCUT2D eigenvalue weighted by Gasteiger charge is -2.40. The highest BCUT2D eigenvalue weighted by Gasteiger charge is 2.45. The zero-order chi connectivity index (χ0) is 20.9. The van der Waals surface area contributed by atoms with Gasteiger partial charge in [0, 0.05) is 18.8 Å². The minimum absolute atomic E-state index is 0.176. The van der Waals surface area contributed by atoms with E-state index in [-0.39, 0.29) is 18.0 Å². The number of carbonyl (C=O) groups is 2. The first-order chi connectivity index (χ1) is 13.8. The van der Waals surface area contributed by atoms with Crippen LogP contribution in [0.5, 0.6) is 0 Å². The Morgan fingerprint density at radius 3 is 2.48 bits per heavy atom. The van der Waals surface area contributed by atoms with E-state index in [0.717, 1.165) is 12.8 Å². The van der Waals surface area contributed by atoms with E-state index in [0.29, 0.717) is 41.3 Å². The second kappa shape index (κ2) is 6.95. The molecule has 8 nitrogen and oxygen atoms in total. The largest absolute Gasteiger partial charge is 0.333 e. The van der Waals surface area contributed by atoms with Crippen LogP contribution in [-0.4, -0.2) is 61.4 Å². The van der Waals surface area contributed by atoms with Crippen LogP contribution in [0, 0.1) is 18.3 Å². The van der Waals surface area contributed by atoms with Crippen LogP contribution in [0.4, 0.5) is 4.39 Å². The Morgan fingerprint density at radius 1 is 1.24 bits per heavy atom. The van der Waals surface area contributed by atoms with Gasteiger partial charge in [-0.3, -0.25) is 9.59 Å². The summed E-state index contributed by atoms with van der Waals surface area (Å²) in [5, 5.41) is 13.4. The van der Waals surface area contributed by atoms with Crippen molar-refractivity contribution in [2.75, 3.05) is 13.1 Å². The Hall–Kier alpha value is -3.28. The number of aromatic nitrogens is 3. The molecular formula is C20H21FN6O2. The SMILES string of the molecule is CC(C)=C(F)C(=O)N1C[C@H]2CC[C@@H](C1)N2C(=O)c1cc(C)nc2c(C#N)cnn12. The zero-order valence-electron chi connectivity index (χ0n) is 16.5. The second-order valence-corrected chi connectivity index (χ2v) is 7.81. The van der Waals surface area contributed by atoms with Crippen LogP contribution in [-0.2, 0) is 4.79 Å². The third-order valence-electron chi connectivity index (χ3n) is 5.57. The molecule has 2 fully saturated rings. The van der Waals surface area contributed by atoms with Crippen molar-refractivity contribution in [3.63, 3.8) is 0 Å². The number of carbonyl (C=O) groups excluding carboxylic acids is 2. The summed E-state index contributed by atoms with van der Waals surface area (Å²) in [6.45, 7) is 5.50. The molecule has 2 aliphatic rings. The highest BCUT2D eigenvalue weighted by Crippen LogP contribution is 2.32. The van der Waals surface area contributed by atoms with E-state index in [4.69, 9.17) is 0 Å². The summed E-state index contributed by atoms with van der Waals surface area (Å²) < 4.78 is 15.5. The molecule has 4 heterocycles. The predicted molar refractivity (Wildman–Crippen MR) is 101 cm³/mol. The van der Waals surface area contributed by atoms with Crippen molar-refractivity contribution in [3.8, 4) is 6.07 Å². The third kappa shape index (κ3) is 3.05. The molecule has 9 heteroatoms. The molecule has 0 unspecified atom stereocenters. The quantitative estimate of drug-likeness (QED) is 0.724. The van der Waals surface area contributed by atoms with Crippen molar-refractivity contribution in [1.29, 1.82) is 5.26 Å². The number of nitrogens with zero attached hydrogens (tertiary/aromatic N) is 6. The first-order valence-corrected chi connectivity index (χ1v) is 9.52. The van der Waals surface area contributed by atoms with Gasteiger partial charge in [-0.05, 0) is 45.3 Å². The van der Waals surface area contributed by atoms with E-state index in [9.17, 15) is 19.2 Å². The van der Waals surface area contributed by atoms with Crippen LogP contribution in [0.25, 0.3) is 5.65 Å². The molecule has 4 rings (SSSR count). The van der Waals surface area contributed by atoms with Crippen LogP contribution in [0.2, 0.25) is 0 Å². The molecule has 0 spiro atoms. The number of piperazine rings is 1. The van der Waals surface area contributed by atoms with Crippen molar-refractivity contribution < 1.29 is 14.0 Å². The molecule has 2 aliphatic heterocycles. The van der Waals surface area contributed by atoms with Crippen LogP contribution in [0.1, 0.15) is 48.4 Å². The number of aryl methyl sites for hydroxylation is 1. The Balaban J connectivity index is 1.65. The molecule has 150 valence electrons. The van der Waals surface area contributed by atoms with Gasteiger partial charge in [-0.1, -0.05) is 0 Å². The molecule has 2 amide bonds. The highest BCUT2D eigenvalue weighted by molar-refractivity contribution is 5.95. The van der Waals surface area contributed by atoms with Gasteiger partial charge in [0.25, 0.3) is 11.8 Å². The third-order valence-corrected chi connectivity index (χ3v) is 5.57. The Bertz CT molecular complexity index is 1080. The summed E-state index contributed by atoms with van der Waals surface area (Å²) in [6, 6.07) is 3.34. The fourth-order valence-corrected chi connectivity index (χ4v) is 4.20. The van der Waals surface area contributed by atoms with E-state index < -0.39 is 11.7 Å². The number of amides is 2. The second-order valence-electron chi connectivity index (χ2n) is 7.81. The molecule has 0 radical (unpaired) electrons. The number of allylic oxidation sites excluding steroid dienone is 1. The number of hydrogen-bond donors (Lipinski definition) is 0. The molecule has 0 saturated carbocycles. The first kappa shape index (κ1) is 19.1. The van der Waals surface area contributed by atoms with E-state index in [1.807, 2.05) is 6.07 Å². The maximum Gasteiger partial charge on any atom is 0.282 e. The fourth-order valence-electron chi connectivity index (χ4n) is 4.20. The first-order valence-electron chi connectivity index (χ1n) is 9.52. The molecule has 0 aromatic carbocycles. The Kier molecular flexibility index (Phi) is 4.57. The fraction of sp³-hybridized carbons (Fsp3) is 0.450. The minimum atomic E-state index is -0.726. The molecular weight excluding hydrogens is 375 g/mol. The number of likely N-dealkylation sites (tertiary alicyclic amines) is 1. The minimum Gasteiger partial charge on any atom is -0.333 e. The van der Waals surface area contributed by atoms with Crippen molar-refractivity contribution in [2.24, 2.45) is 0 Å². The molecule has 2 saturated heterocycles. The smallest absolute Gasteiger partial charge is 0.282 e. The van der Waals surface area contributed by atoms with Crippen molar-refractivity contribution in [3.05, 3.63) is 40.6 Å². The van der Waals surface area contributed by atoms with Gasteiger partial charge in [-0.2, -0.15) is 10.4 Å². The average molecular weight is 396 g/mol. The Morgan fingerprint density at radius 2 is 1.90 bits per heavy atom. The predicted octanol–water partition coefficient (Wildman–Crippen LogP) is 1.99. The van der Waals surface area contributed by atoms with Crippen molar-refractivity contribution in [2.45, 2.75) is 45.7 Å². The summed E-state index contributed by atoms with van der Waals surface area (Å²) in [5.41, 5.74) is 1.95. The van der Waals surface area contributed by atoms with Gasteiger partial charge in [-0.15, -0.1) is 0 Å². The molecule has 2 atom stereocenters. The highest BCUT2D eigenvalue weighted by atomic mass is 19.1. The van der Waals surface area contributed by atoms with E-state index in [1.165, 1.54) is 15.6 Å². The molecule has 29 heavy (non-hydrogen) atoms. The van der Waals surface area contributed by atoms with Gasteiger partial charge >= 0.3 is 0 Å². The summed E-state index contributed by atoms with van der Waals surface area (Å²) in [5.74, 6) is -1.55. The normalized spacial score (nSPS) is 20.7. The Labute approximate surface area is 167 Å². The summed E-state index contributed by atoms with van der Waals surface area (Å²) >= 11 is 0. The van der Waals surface area contributed by atoms with Crippen molar-refractivity contribution >= 4 is 17.5 Å². The van der Waals surface area contributed by atoms with E-state index in [2.05, 4.69) is 10.1 Å². The molecule has 0 aliphatic carbocycles. The van der Waals surface area contributed by atoms with Crippen molar-refractivity contribution in [1.82, 2.24) is 24.4 Å². The maximum absolute atomic E-state index is 14.1. The standard InChI is InChI=1S/C20H21FN6O2/c1-11(2)17(21)20(29)25-9-14-4-5-15(10-25)26(14)19(28)16-6-12(3)24-18-13(7-22)8-23-27(16)18/h6,8,14-15H,4-5,9-10H2,1-3H3/t14-,15+. The number of halogens is 1. The van der Waals surface area contributed by atoms with Gasteiger partial charge in [0.2, 0.25) is 0 Å². The monoisotopic (exact) mass is 396 g/mol. The molecule has 2 bridgehead atoms. The molecule has 2 aromatic rings. The molecule has 0 N–H and O–H groups in total. The summed E-state index contributed by atoms with van der Waals surface area (Å²) in [7, 11) is 0. The summed E-state index contributed by atoms with van der Waals surface area (Å²) in [6.07, 6.45) is 2.91. The lowest BCUT2D eigenvalue weighted by atomic mass is 10.1.